The number of carbonyl (C=O) groups is 1. The van der Waals surface area contributed by atoms with Crippen LogP contribution in [0, 0.1) is 5.92 Å². The molecule has 2 amide bonds. The largest absolute Gasteiger partial charge is 0.334 e. The minimum Gasteiger partial charge on any atom is -0.334 e. The number of nitrogens with one attached hydrogen (secondary N) is 2. The van der Waals surface area contributed by atoms with E-state index in [0.717, 1.165) is 5.56 Å². The fourth-order valence-electron chi connectivity index (χ4n) is 2.57. The number of carbonyl (C=O) groups excluding carboxylic acids is 1. The van der Waals surface area contributed by atoms with Crippen molar-refractivity contribution in [2.24, 2.45) is 5.92 Å². The Morgan fingerprint density at radius 2 is 1.90 bits per heavy atom. The first-order valence-electron chi connectivity index (χ1n) is 7.20. The molecular formula is C15H22N2O3S. The summed E-state index contributed by atoms with van der Waals surface area (Å²) in [4.78, 5) is 12.1. The van der Waals surface area contributed by atoms with E-state index in [2.05, 4.69) is 10.6 Å². The van der Waals surface area contributed by atoms with E-state index in [1.807, 2.05) is 44.2 Å². The zero-order chi connectivity index (χ0) is 15.5. The molecule has 1 aromatic carbocycles. The van der Waals surface area contributed by atoms with Crippen molar-refractivity contribution in [3.05, 3.63) is 35.9 Å². The number of amides is 2. The fraction of sp³-hybridized carbons (Fsp3) is 0.533. The van der Waals surface area contributed by atoms with Crippen molar-refractivity contribution in [3.63, 3.8) is 0 Å². The Kier molecular flexibility index (Phi) is 4.88. The molecule has 2 N–H and O–H groups in total. The lowest BCUT2D eigenvalue weighted by Gasteiger charge is -2.24. The number of hydrogen-bond acceptors (Lipinski definition) is 3. The van der Waals surface area contributed by atoms with Gasteiger partial charge in [-0.3, -0.25) is 0 Å². The molecule has 2 rings (SSSR count). The molecule has 0 aromatic heterocycles. The Labute approximate surface area is 126 Å². The molecule has 0 saturated carbocycles. The Morgan fingerprint density at radius 3 is 2.43 bits per heavy atom. The molecule has 0 bridgehead atoms. The molecular weight excluding hydrogens is 288 g/mol. The SMILES string of the molecule is CC(C)C(NC(=O)NC1CCS(=O)(=O)C1)c1ccccc1. The third kappa shape index (κ3) is 4.46. The minimum atomic E-state index is -2.98. The second-order valence-corrected chi connectivity index (χ2v) is 8.08. The van der Waals surface area contributed by atoms with Crippen molar-refractivity contribution >= 4 is 15.9 Å². The van der Waals surface area contributed by atoms with Crippen LogP contribution in [0.1, 0.15) is 31.9 Å². The molecule has 21 heavy (non-hydrogen) atoms. The average Bonchev–Trinajstić information content (AvgIpc) is 2.76. The first-order valence-corrected chi connectivity index (χ1v) is 9.02. The molecule has 116 valence electrons. The van der Waals surface area contributed by atoms with Crippen LogP contribution in [-0.4, -0.2) is 32.0 Å². The van der Waals surface area contributed by atoms with E-state index in [1.54, 1.807) is 0 Å². The van der Waals surface area contributed by atoms with E-state index in [9.17, 15) is 13.2 Å². The molecule has 5 nitrogen and oxygen atoms in total. The maximum atomic E-state index is 12.1. The van der Waals surface area contributed by atoms with Gasteiger partial charge in [-0.15, -0.1) is 0 Å². The lowest BCUT2D eigenvalue weighted by molar-refractivity contribution is 0.230. The van der Waals surface area contributed by atoms with Gasteiger partial charge in [0.05, 0.1) is 17.5 Å². The topological polar surface area (TPSA) is 75.3 Å². The van der Waals surface area contributed by atoms with Crippen molar-refractivity contribution in [1.29, 1.82) is 0 Å². The van der Waals surface area contributed by atoms with Crippen LogP contribution >= 0.6 is 0 Å². The van der Waals surface area contributed by atoms with Crippen LogP contribution in [0.5, 0.6) is 0 Å². The van der Waals surface area contributed by atoms with Gasteiger partial charge in [0.15, 0.2) is 9.84 Å². The smallest absolute Gasteiger partial charge is 0.315 e. The highest BCUT2D eigenvalue weighted by molar-refractivity contribution is 7.91. The van der Waals surface area contributed by atoms with Gasteiger partial charge in [0, 0.05) is 6.04 Å². The van der Waals surface area contributed by atoms with Gasteiger partial charge in [0.25, 0.3) is 0 Å². The summed E-state index contributed by atoms with van der Waals surface area (Å²) in [6.07, 6.45) is 0.493. The van der Waals surface area contributed by atoms with Crippen LogP contribution in [0.4, 0.5) is 4.79 Å². The van der Waals surface area contributed by atoms with Crippen LogP contribution in [0.3, 0.4) is 0 Å². The third-order valence-electron chi connectivity index (χ3n) is 3.68. The molecule has 1 aliphatic rings. The van der Waals surface area contributed by atoms with E-state index >= 15 is 0 Å². The number of sulfone groups is 1. The zero-order valence-corrected chi connectivity index (χ0v) is 13.2. The summed E-state index contributed by atoms with van der Waals surface area (Å²) in [5.74, 6) is 0.438. The van der Waals surface area contributed by atoms with Gasteiger partial charge >= 0.3 is 6.03 Å². The summed E-state index contributed by atoms with van der Waals surface area (Å²) in [5, 5.41) is 5.70. The summed E-state index contributed by atoms with van der Waals surface area (Å²) in [5.41, 5.74) is 1.04. The summed E-state index contributed by atoms with van der Waals surface area (Å²) >= 11 is 0. The van der Waals surface area contributed by atoms with Gasteiger partial charge in [-0.05, 0) is 17.9 Å². The molecule has 0 radical (unpaired) electrons. The standard InChI is InChI=1S/C15H22N2O3S/c1-11(2)14(12-6-4-3-5-7-12)17-15(18)16-13-8-9-21(19,20)10-13/h3-7,11,13-14H,8-10H2,1-2H3,(H2,16,17,18). The predicted molar refractivity (Wildman–Crippen MR) is 82.7 cm³/mol. The van der Waals surface area contributed by atoms with E-state index in [-0.39, 0.29) is 35.5 Å². The molecule has 1 fully saturated rings. The zero-order valence-electron chi connectivity index (χ0n) is 12.4. The van der Waals surface area contributed by atoms with Crippen LogP contribution in [0.15, 0.2) is 30.3 Å². The fourth-order valence-corrected chi connectivity index (χ4v) is 4.25. The Bertz CT molecular complexity index is 584. The normalized spacial score (nSPS) is 22.0. The molecule has 1 heterocycles. The van der Waals surface area contributed by atoms with Crippen molar-refractivity contribution in [2.75, 3.05) is 11.5 Å². The van der Waals surface area contributed by atoms with Crippen LogP contribution in [0.2, 0.25) is 0 Å². The van der Waals surface area contributed by atoms with Crippen molar-refractivity contribution in [1.82, 2.24) is 10.6 Å². The molecule has 2 atom stereocenters. The summed E-state index contributed by atoms with van der Waals surface area (Å²) < 4.78 is 22.8. The van der Waals surface area contributed by atoms with Gasteiger partial charge in [0.1, 0.15) is 0 Å². The Hall–Kier alpha value is -1.56. The first kappa shape index (κ1) is 15.8. The first-order chi connectivity index (χ1) is 9.87. The minimum absolute atomic E-state index is 0.0398. The van der Waals surface area contributed by atoms with E-state index < -0.39 is 9.84 Å². The molecule has 1 aliphatic heterocycles. The van der Waals surface area contributed by atoms with Gasteiger partial charge in [0.2, 0.25) is 0 Å². The highest BCUT2D eigenvalue weighted by Gasteiger charge is 2.29. The monoisotopic (exact) mass is 310 g/mol. The molecule has 6 heteroatoms. The molecule has 1 aromatic rings. The number of urea groups is 1. The van der Waals surface area contributed by atoms with Crippen LogP contribution < -0.4 is 10.6 Å². The average molecular weight is 310 g/mol. The number of benzene rings is 1. The van der Waals surface area contributed by atoms with E-state index in [4.69, 9.17) is 0 Å². The maximum Gasteiger partial charge on any atom is 0.315 e. The van der Waals surface area contributed by atoms with Gasteiger partial charge in [-0.1, -0.05) is 44.2 Å². The van der Waals surface area contributed by atoms with Crippen molar-refractivity contribution in [2.45, 2.75) is 32.4 Å². The molecule has 1 saturated heterocycles. The number of hydrogen-bond donors (Lipinski definition) is 2. The van der Waals surface area contributed by atoms with Gasteiger partial charge in [-0.25, -0.2) is 13.2 Å². The maximum absolute atomic E-state index is 12.1. The van der Waals surface area contributed by atoms with Gasteiger partial charge < -0.3 is 10.6 Å². The van der Waals surface area contributed by atoms with Crippen molar-refractivity contribution in [3.8, 4) is 0 Å². The lowest BCUT2D eigenvalue weighted by atomic mass is 9.96. The second-order valence-electron chi connectivity index (χ2n) is 5.85. The van der Waals surface area contributed by atoms with E-state index in [1.165, 1.54) is 0 Å². The lowest BCUT2D eigenvalue weighted by Crippen LogP contribution is -2.45. The summed E-state index contributed by atoms with van der Waals surface area (Å²) in [7, 11) is -2.98. The second kappa shape index (κ2) is 6.47. The summed E-state index contributed by atoms with van der Waals surface area (Å²) in [6.45, 7) is 4.08. The van der Waals surface area contributed by atoms with Crippen LogP contribution in [0.25, 0.3) is 0 Å². The molecule has 2 unspecified atom stereocenters. The quantitative estimate of drug-likeness (QED) is 0.891. The highest BCUT2D eigenvalue weighted by atomic mass is 32.2. The van der Waals surface area contributed by atoms with Crippen molar-refractivity contribution < 1.29 is 13.2 Å². The van der Waals surface area contributed by atoms with Crippen LogP contribution in [-0.2, 0) is 9.84 Å². The Morgan fingerprint density at radius 1 is 1.24 bits per heavy atom. The molecule has 0 spiro atoms. The molecule has 0 aliphatic carbocycles. The number of rotatable bonds is 4. The predicted octanol–water partition coefficient (Wildman–Crippen LogP) is 1.87. The third-order valence-corrected chi connectivity index (χ3v) is 5.45. The Balaban J connectivity index is 1.97. The summed E-state index contributed by atoms with van der Waals surface area (Å²) in [6, 6.07) is 9.09. The van der Waals surface area contributed by atoms with E-state index in [0.29, 0.717) is 6.42 Å². The van der Waals surface area contributed by atoms with Gasteiger partial charge in [-0.2, -0.15) is 0 Å². The highest BCUT2D eigenvalue weighted by Crippen LogP contribution is 2.21.